The summed E-state index contributed by atoms with van der Waals surface area (Å²) in [6, 6.07) is 30.5. The maximum absolute atomic E-state index is 12.2. The second-order valence-corrected chi connectivity index (χ2v) is 12.7. The number of nitrogens with one attached hydrogen (secondary N) is 1. The summed E-state index contributed by atoms with van der Waals surface area (Å²) in [6.07, 6.45) is 0.828. The summed E-state index contributed by atoms with van der Waals surface area (Å²) in [4.78, 5) is 35.3. The Hall–Kier alpha value is -4.48. The Morgan fingerprint density at radius 3 is 2.23 bits per heavy atom. The van der Waals surface area contributed by atoms with Gasteiger partial charge >= 0.3 is 11.9 Å². The number of rotatable bonds is 15. The molecule has 1 aliphatic heterocycles. The lowest BCUT2D eigenvalue weighted by atomic mass is 9.99. The Morgan fingerprint density at radius 2 is 1.50 bits per heavy atom. The molecule has 1 saturated heterocycles. The van der Waals surface area contributed by atoms with Gasteiger partial charge in [-0.25, -0.2) is 4.79 Å². The van der Waals surface area contributed by atoms with Gasteiger partial charge < -0.3 is 30.1 Å². The highest BCUT2D eigenvalue weighted by molar-refractivity contribution is 7.99. The molecule has 3 atom stereocenters. The van der Waals surface area contributed by atoms with Gasteiger partial charge in [-0.3, -0.25) is 9.59 Å². The summed E-state index contributed by atoms with van der Waals surface area (Å²) in [6.45, 7) is 0.338. The quantitative estimate of drug-likeness (QED) is 0.0767. The van der Waals surface area contributed by atoms with Gasteiger partial charge in [0.05, 0.1) is 24.4 Å². The number of amides is 1. The number of thioether (sulfide) groups is 1. The Labute approximate surface area is 283 Å². The number of carbonyl (C=O) groups excluding carboxylic acids is 1. The van der Waals surface area contributed by atoms with Crippen molar-refractivity contribution in [2.75, 3.05) is 5.75 Å². The third-order valence-electron chi connectivity index (χ3n) is 8.13. The van der Waals surface area contributed by atoms with Crippen LogP contribution >= 0.6 is 11.8 Å². The normalized spacial score (nSPS) is 17.5. The van der Waals surface area contributed by atoms with Crippen molar-refractivity contribution in [3.8, 4) is 11.1 Å². The molecule has 250 valence electrons. The van der Waals surface area contributed by atoms with E-state index < -0.39 is 18.2 Å². The fraction of sp³-hybridized carbons (Fsp3) is 0.289. The second kappa shape index (κ2) is 17.1. The highest BCUT2D eigenvalue weighted by atomic mass is 32.2. The van der Waals surface area contributed by atoms with Crippen molar-refractivity contribution in [3.05, 3.63) is 125 Å². The molecule has 5 rings (SSSR count). The van der Waals surface area contributed by atoms with Gasteiger partial charge in [0.1, 0.15) is 0 Å². The molecule has 48 heavy (non-hydrogen) atoms. The molecule has 10 heteroatoms. The van der Waals surface area contributed by atoms with Crippen molar-refractivity contribution < 1.29 is 39.2 Å². The smallest absolute Gasteiger partial charge is 0.336 e. The molecule has 1 heterocycles. The maximum atomic E-state index is 12.2. The summed E-state index contributed by atoms with van der Waals surface area (Å²) in [7, 11) is 0. The number of aliphatic carboxylic acids is 1. The van der Waals surface area contributed by atoms with Gasteiger partial charge in [-0.15, -0.1) is 11.8 Å². The second-order valence-electron chi connectivity index (χ2n) is 11.7. The minimum atomic E-state index is -0.967. The van der Waals surface area contributed by atoms with E-state index in [1.165, 1.54) is 11.8 Å². The first-order valence-corrected chi connectivity index (χ1v) is 16.9. The van der Waals surface area contributed by atoms with E-state index in [4.69, 9.17) is 14.6 Å². The van der Waals surface area contributed by atoms with Crippen LogP contribution in [0.4, 0.5) is 0 Å². The Bertz CT molecular complexity index is 1690. The fourth-order valence-corrected chi connectivity index (χ4v) is 6.58. The summed E-state index contributed by atoms with van der Waals surface area (Å²) >= 11 is 1.45. The molecular formula is C38H39NO8S. The van der Waals surface area contributed by atoms with Gasteiger partial charge in [0.25, 0.3) is 0 Å². The van der Waals surface area contributed by atoms with E-state index in [9.17, 15) is 24.6 Å². The lowest BCUT2D eigenvalue weighted by molar-refractivity contribution is -0.245. The first-order valence-electron chi connectivity index (χ1n) is 15.9. The molecule has 4 aromatic rings. The summed E-state index contributed by atoms with van der Waals surface area (Å²) in [5.41, 5.74) is 5.84. The molecular weight excluding hydrogens is 630 g/mol. The number of carboxylic acid groups (broad SMARTS) is 2. The number of unbranched alkanes of at least 4 members (excludes halogenated alkanes) is 1. The SMILES string of the molecule is O=C(O)CCCCC(=O)NCc1cccc(-c2ccc([C@H]3O[C@@H](CSc4ccccc4C(=O)O)C[C@@H](c4ccc(CO)cc4)O3)cc2)c1. The number of carboxylic acids is 2. The minimum absolute atomic E-state index is 0.0418. The van der Waals surface area contributed by atoms with Crippen molar-refractivity contribution in [1.82, 2.24) is 5.32 Å². The van der Waals surface area contributed by atoms with Crippen LogP contribution in [0.3, 0.4) is 0 Å². The number of carbonyl (C=O) groups is 3. The molecule has 9 nitrogen and oxygen atoms in total. The van der Waals surface area contributed by atoms with Crippen LogP contribution in [0.2, 0.25) is 0 Å². The first kappa shape index (κ1) is 34.8. The Morgan fingerprint density at radius 1 is 0.771 bits per heavy atom. The fourth-order valence-electron chi connectivity index (χ4n) is 5.52. The van der Waals surface area contributed by atoms with Crippen LogP contribution in [0.15, 0.2) is 102 Å². The van der Waals surface area contributed by atoms with Gasteiger partial charge in [0, 0.05) is 42.0 Å². The summed E-state index contributed by atoms with van der Waals surface area (Å²) < 4.78 is 12.9. The molecule has 0 aromatic heterocycles. The molecule has 1 fully saturated rings. The highest BCUT2D eigenvalue weighted by Gasteiger charge is 2.32. The number of ether oxygens (including phenoxy) is 2. The molecule has 4 aromatic carbocycles. The monoisotopic (exact) mass is 669 g/mol. The van der Waals surface area contributed by atoms with E-state index in [0.717, 1.165) is 33.4 Å². The zero-order valence-corrected chi connectivity index (χ0v) is 27.2. The molecule has 0 spiro atoms. The lowest BCUT2D eigenvalue weighted by Crippen LogP contribution is -2.31. The molecule has 1 aliphatic rings. The molecule has 0 bridgehead atoms. The average Bonchev–Trinajstić information content (AvgIpc) is 3.11. The van der Waals surface area contributed by atoms with Crippen LogP contribution in [0.5, 0.6) is 0 Å². The average molecular weight is 670 g/mol. The van der Waals surface area contributed by atoms with Crippen molar-refractivity contribution in [1.29, 1.82) is 0 Å². The number of hydrogen-bond donors (Lipinski definition) is 4. The number of aliphatic hydroxyl groups is 1. The van der Waals surface area contributed by atoms with E-state index in [1.54, 1.807) is 12.1 Å². The van der Waals surface area contributed by atoms with E-state index in [1.807, 2.05) is 84.9 Å². The molecule has 0 aliphatic carbocycles. The van der Waals surface area contributed by atoms with E-state index in [0.29, 0.717) is 42.9 Å². The summed E-state index contributed by atoms with van der Waals surface area (Å²) in [5.74, 6) is -1.38. The first-order chi connectivity index (χ1) is 23.3. The number of aromatic carboxylic acids is 1. The molecule has 4 N–H and O–H groups in total. The summed E-state index contributed by atoms with van der Waals surface area (Å²) in [5, 5.41) is 30.8. The van der Waals surface area contributed by atoms with Crippen LogP contribution < -0.4 is 5.32 Å². The third-order valence-corrected chi connectivity index (χ3v) is 9.34. The number of benzene rings is 4. The predicted octanol–water partition coefficient (Wildman–Crippen LogP) is 7.14. The molecule has 0 unspecified atom stereocenters. The minimum Gasteiger partial charge on any atom is -0.481 e. The zero-order valence-electron chi connectivity index (χ0n) is 26.4. The highest BCUT2D eigenvalue weighted by Crippen LogP contribution is 2.40. The van der Waals surface area contributed by atoms with Crippen LogP contribution in [-0.2, 0) is 32.2 Å². The van der Waals surface area contributed by atoms with Gasteiger partial charge in [-0.05, 0) is 58.9 Å². The van der Waals surface area contributed by atoms with Crippen LogP contribution in [0.25, 0.3) is 11.1 Å². The van der Waals surface area contributed by atoms with Crippen LogP contribution in [-0.4, -0.2) is 45.0 Å². The van der Waals surface area contributed by atoms with Gasteiger partial charge in [-0.1, -0.05) is 78.9 Å². The Kier molecular flexibility index (Phi) is 12.4. The van der Waals surface area contributed by atoms with Crippen molar-refractivity contribution in [2.24, 2.45) is 0 Å². The zero-order chi connectivity index (χ0) is 33.9. The van der Waals surface area contributed by atoms with Crippen molar-refractivity contribution >= 4 is 29.6 Å². The van der Waals surface area contributed by atoms with Crippen LogP contribution in [0.1, 0.15) is 77.1 Å². The van der Waals surface area contributed by atoms with E-state index >= 15 is 0 Å². The van der Waals surface area contributed by atoms with Gasteiger partial charge in [0.15, 0.2) is 6.29 Å². The van der Waals surface area contributed by atoms with Crippen LogP contribution in [0, 0.1) is 0 Å². The number of aliphatic hydroxyl groups excluding tert-OH is 1. The van der Waals surface area contributed by atoms with Crippen molar-refractivity contribution in [2.45, 2.75) is 68.6 Å². The van der Waals surface area contributed by atoms with Crippen molar-refractivity contribution in [3.63, 3.8) is 0 Å². The molecule has 0 saturated carbocycles. The lowest BCUT2D eigenvalue weighted by Gasteiger charge is -2.36. The maximum Gasteiger partial charge on any atom is 0.336 e. The van der Waals surface area contributed by atoms with Gasteiger partial charge in [0.2, 0.25) is 5.91 Å². The Balaban J connectivity index is 1.26. The molecule has 1 amide bonds. The predicted molar refractivity (Wildman–Crippen MR) is 182 cm³/mol. The van der Waals surface area contributed by atoms with E-state index in [2.05, 4.69) is 5.32 Å². The standard InChI is InChI=1S/C38H39NO8S/c40-23-25-12-14-28(15-13-25)33-21-31(24-48-34-9-2-1-8-32(34)37(44)45)46-38(47-33)29-18-16-27(17-19-29)30-7-5-6-26(20-30)22-39-35(41)10-3-4-11-36(42)43/h1-2,5-9,12-20,31,33,38,40H,3-4,10-11,21-24H2,(H,39,41)(H,42,43)(H,44,45)/t31-,33+,38+/m1/s1. The third kappa shape index (κ3) is 9.77. The van der Waals surface area contributed by atoms with Gasteiger partial charge in [-0.2, -0.15) is 0 Å². The number of hydrogen-bond acceptors (Lipinski definition) is 7. The topological polar surface area (TPSA) is 142 Å². The molecule has 0 radical (unpaired) electrons. The van der Waals surface area contributed by atoms with E-state index in [-0.39, 0.29) is 36.7 Å². The largest absolute Gasteiger partial charge is 0.481 e.